The number of nitro groups is 1. The van der Waals surface area contributed by atoms with Gasteiger partial charge >= 0.3 is 0 Å². The van der Waals surface area contributed by atoms with E-state index in [4.69, 9.17) is 21.7 Å². The smallest absolute Gasteiger partial charge is 0.271 e. The number of aryl methyl sites for hydroxylation is 1. The van der Waals surface area contributed by atoms with Gasteiger partial charge in [0.05, 0.1) is 42.6 Å². The predicted molar refractivity (Wildman–Crippen MR) is 149 cm³/mol. The number of nitrogens with zero attached hydrogens (tertiary/aromatic N) is 4. The van der Waals surface area contributed by atoms with Gasteiger partial charge in [0.1, 0.15) is 11.5 Å². The number of hydrogen-bond acceptors (Lipinski definition) is 6. The fraction of sp³-hybridized carbons (Fsp3) is 0.214. The maximum atomic E-state index is 11.6. The van der Waals surface area contributed by atoms with Crippen LogP contribution in [-0.2, 0) is 0 Å². The van der Waals surface area contributed by atoms with Gasteiger partial charge in [-0.25, -0.2) is 0 Å². The molecule has 0 spiro atoms. The molecule has 0 radical (unpaired) electrons. The highest BCUT2D eigenvalue weighted by molar-refractivity contribution is 7.80. The number of nitrogens with one attached hydrogen (secondary N) is 1. The van der Waals surface area contributed by atoms with Crippen molar-refractivity contribution in [2.45, 2.75) is 25.9 Å². The van der Waals surface area contributed by atoms with Crippen LogP contribution in [0.1, 0.15) is 34.7 Å². The number of anilines is 1. The minimum atomic E-state index is -0.403. The number of thiocarbonyl (C=S) groups is 1. The van der Waals surface area contributed by atoms with Gasteiger partial charge in [0.25, 0.3) is 5.69 Å². The van der Waals surface area contributed by atoms with E-state index in [2.05, 4.69) is 21.3 Å². The zero-order chi connectivity index (χ0) is 27.0. The van der Waals surface area contributed by atoms with E-state index in [1.807, 2.05) is 60.9 Å². The third-order valence-electron chi connectivity index (χ3n) is 6.85. The zero-order valence-corrected chi connectivity index (χ0v) is 22.2. The molecule has 1 saturated heterocycles. The van der Waals surface area contributed by atoms with Crippen LogP contribution in [-0.4, -0.2) is 33.8 Å². The number of ether oxygens (including phenoxy) is 2. The molecule has 1 aliphatic rings. The summed E-state index contributed by atoms with van der Waals surface area (Å²) in [5.41, 5.74) is 5.18. The SMILES string of the molecule is COc1ccc(N2C(=S)N[C@@H](c3ccccn3)[C@H]2c2cc(C)n(-c3cc([N+](=O)[O-])ccc3OC)c2C)cc1. The Morgan fingerprint density at radius 1 is 1.03 bits per heavy atom. The van der Waals surface area contributed by atoms with Gasteiger partial charge in [-0.1, -0.05) is 6.07 Å². The molecule has 0 bridgehead atoms. The summed E-state index contributed by atoms with van der Waals surface area (Å²) >= 11 is 5.85. The van der Waals surface area contributed by atoms with Gasteiger partial charge in [-0.3, -0.25) is 15.1 Å². The van der Waals surface area contributed by atoms with Gasteiger partial charge in [-0.05, 0) is 80.2 Å². The monoisotopic (exact) mass is 529 g/mol. The molecular formula is C28H27N5O4S. The van der Waals surface area contributed by atoms with E-state index in [0.717, 1.165) is 34.1 Å². The average molecular weight is 530 g/mol. The summed E-state index contributed by atoms with van der Waals surface area (Å²) < 4.78 is 12.9. The van der Waals surface area contributed by atoms with Gasteiger partial charge in [0.15, 0.2) is 5.11 Å². The number of hydrogen-bond donors (Lipinski definition) is 1. The van der Waals surface area contributed by atoms with Crippen molar-refractivity contribution >= 4 is 28.7 Å². The van der Waals surface area contributed by atoms with Crippen LogP contribution in [0.2, 0.25) is 0 Å². The van der Waals surface area contributed by atoms with Gasteiger partial charge in [0.2, 0.25) is 0 Å². The molecule has 5 rings (SSSR count). The molecule has 2 atom stereocenters. The second-order valence-corrected chi connectivity index (χ2v) is 9.36. The normalized spacial score (nSPS) is 16.8. The first-order valence-electron chi connectivity index (χ1n) is 12.0. The van der Waals surface area contributed by atoms with E-state index in [-0.39, 0.29) is 17.8 Å². The largest absolute Gasteiger partial charge is 0.497 e. The quantitative estimate of drug-likeness (QED) is 0.188. The Kier molecular flexibility index (Phi) is 6.73. The van der Waals surface area contributed by atoms with Gasteiger partial charge in [0, 0.05) is 35.4 Å². The van der Waals surface area contributed by atoms with E-state index in [1.54, 1.807) is 26.5 Å². The van der Waals surface area contributed by atoms with Crippen LogP contribution in [0.25, 0.3) is 5.69 Å². The molecule has 3 heterocycles. The molecule has 1 N–H and O–H groups in total. The maximum absolute atomic E-state index is 11.6. The lowest BCUT2D eigenvalue weighted by molar-refractivity contribution is -0.384. The first-order chi connectivity index (χ1) is 18.3. The van der Waals surface area contributed by atoms with Crippen molar-refractivity contribution in [1.29, 1.82) is 0 Å². The zero-order valence-electron chi connectivity index (χ0n) is 21.4. The first-order valence-corrected chi connectivity index (χ1v) is 12.4. The first kappa shape index (κ1) is 25.2. The van der Waals surface area contributed by atoms with E-state index < -0.39 is 4.92 Å². The Morgan fingerprint density at radius 2 is 1.79 bits per heavy atom. The number of non-ortho nitro benzene ring substituents is 1. The summed E-state index contributed by atoms with van der Waals surface area (Å²) in [6.07, 6.45) is 1.77. The number of nitro benzene ring substituents is 1. The van der Waals surface area contributed by atoms with Crippen LogP contribution < -0.4 is 19.7 Å². The number of aromatic nitrogens is 2. The topological polar surface area (TPSA) is 94.7 Å². The number of methoxy groups -OCH3 is 2. The van der Waals surface area contributed by atoms with Crippen LogP contribution >= 0.6 is 12.2 Å². The molecule has 194 valence electrons. The minimum Gasteiger partial charge on any atom is -0.497 e. The van der Waals surface area contributed by atoms with Crippen LogP contribution in [0.15, 0.2) is 72.9 Å². The minimum absolute atomic E-state index is 0.00946. The Balaban J connectivity index is 1.69. The van der Waals surface area contributed by atoms with Crippen LogP contribution in [0.3, 0.4) is 0 Å². The summed E-state index contributed by atoms with van der Waals surface area (Å²) in [6, 6.07) is 19.8. The van der Waals surface area contributed by atoms with Crippen molar-refractivity contribution in [3.05, 3.63) is 106 Å². The summed E-state index contributed by atoms with van der Waals surface area (Å²) in [7, 11) is 3.19. The molecular weight excluding hydrogens is 502 g/mol. The highest BCUT2D eigenvalue weighted by Gasteiger charge is 2.42. The third kappa shape index (κ3) is 4.32. The Morgan fingerprint density at radius 3 is 2.42 bits per heavy atom. The molecule has 0 aliphatic carbocycles. The number of pyridine rings is 1. The fourth-order valence-electron chi connectivity index (χ4n) is 5.12. The molecule has 2 aromatic heterocycles. The average Bonchev–Trinajstić information content (AvgIpc) is 3.43. The summed E-state index contributed by atoms with van der Waals surface area (Å²) in [5, 5.41) is 15.6. The third-order valence-corrected chi connectivity index (χ3v) is 7.17. The van der Waals surface area contributed by atoms with E-state index in [1.165, 1.54) is 12.1 Å². The summed E-state index contributed by atoms with van der Waals surface area (Å²) in [4.78, 5) is 17.9. The lowest BCUT2D eigenvalue weighted by Gasteiger charge is -2.28. The van der Waals surface area contributed by atoms with Gasteiger partial charge < -0.3 is 24.3 Å². The van der Waals surface area contributed by atoms with E-state index >= 15 is 0 Å². The van der Waals surface area contributed by atoms with Crippen molar-refractivity contribution in [3.63, 3.8) is 0 Å². The Hall–Kier alpha value is -4.44. The lowest BCUT2D eigenvalue weighted by Crippen LogP contribution is -2.29. The van der Waals surface area contributed by atoms with Crippen molar-refractivity contribution in [1.82, 2.24) is 14.9 Å². The lowest BCUT2D eigenvalue weighted by atomic mass is 9.96. The molecule has 10 heteroatoms. The molecule has 4 aromatic rings. The van der Waals surface area contributed by atoms with Crippen molar-refractivity contribution in [2.75, 3.05) is 19.1 Å². The van der Waals surface area contributed by atoms with E-state index in [9.17, 15) is 10.1 Å². The molecule has 0 unspecified atom stereocenters. The molecule has 0 saturated carbocycles. The number of benzene rings is 2. The van der Waals surface area contributed by atoms with E-state index in [0.29, 0.717) is 16.5 Å². The van der Waals surface area contributed by atoms with Crippen LogP contribution in [0, 0.1) is 24.0 Å². The fourth-order valence-corrected chi connectivity index (χ4v) is 5.46. The molecule has 2 aromatic carbocycles. The van der Waals surface area contributed by atoms with Crippen molar-refractivity contribution in [3.8, 4) is 17.2 Å². The van der Waals surface area contributed by atoms with Crippen LogP contribution in [0.4, 0.5) is 11.4 Å². The second-order valence-electron chi connectivity index (χ2n) is 8.97. The Bertz CT molecular complexity index is 1500. The maximum Gasteiger partial charge on any atom is 0.271 e. The molecule has 9 nitrogen and oxygen atoms in total. The number of rotatable bonds is 7. The molecule has 1 aliphatic heterocycles. The highest BCUT2D eigenvalue weighted by atomic mass is 32.1. The molecule has 0 amide bonds. The predicted octanol–water partition coefficient (Wildman–Crippen LogP) is 5.59. The van der Waals surface area contributed by atoms with Crippen LogP contribution in [0.5, 0.6) is 11.5 Å². The second kappa shape index (κ2) is 10.1. The highest BCUT2D eigenvalue weighted by Crippen LogP contribution is 2.44. The summed E-state index contributed by atoms with van der Waals surface area (Å²) in [5.74, 6) is 1.29. The molecule has 1 fully saturated rings. The standard InChI is InChI=1S/C28H27N5O4S/c1-17-15-22(18(2)31(17)24-16-20(33(34)35)10-13-25(24)37-4)27-26(23-7-5-6-14-29-23)30-28(38)32(27)19-8-11-21(36-3)12-9-19/h5-16,26-27H,1-4H3,(H,30,38)/t26-,27+/m0/s1. The molecule has 38 heavy (non-hydrogen) atoms. The Labute approximate surface area is 225 Å². The van der Waals surface area contributed by atoms with Gasteiger partial charge in [-0.15, -0.1) is 0 Å². The van der Waals surface area contributed by atoms with Gasteiger partial charge in [-0.2, -0.15) is 0 Å². The van der Waals surface area contributed by atoms with Crippen molar-refractivity contribution in [2.24, 2.45) is 0 Å². The summed E-state index contributed by atoms with van der Waals surface area (Å²) in [6.45, 7) is 3.98. The van der Waals surface area contributed by atoms with Crippen molar-refractivity contribution < 1.29 is 14.4 Å².